The number of amides is 2. The van der Waals surface area contributed by atoms with Gasteiger partial charge in [-0.05, 0) is 18.4 Å². The second-order valence-electron chi connectivity index (χ2n) is 5.31. The highest BCUT2D eigenvalue weighted by Gasteiger charge is 2.22. The zero-order valence-corrected chi connectivity index (χ0v) is 12.0. The maximum absolute atomic E-state index is 12.1. The Balaban J connectivity index is 2.10. The summed E-state index contributed by atoms with van der Waals surface area (Å²) in [4.78, 5) is 25.4. The molecule has 1 saturated heterocycles. The van der Waals surface area contributed by atoms with Crippen LogP contribution in [0.15, 0.2) is 30.3 Å². The fraction of sp³-hybridized carbons (Fsp3) is 0.500. The van der Waals surface area contributed by atoms with Gasteiger partial charge in [-0.25, -0.2) is 0 Å². The van der Waals surface area contributed by atoms with E-state index in [1.54, 1.807) is 0 Å². The molecule has 0 spiro atoms. The van der Waals surface area contributed by atoms with Crippen molar-refractivity contribution >= 4 is 11.8 Å². The summed E-state index contributed by atoms with van der Waals surface area (Å²) >= 11 is 0. The number of nitrogens with one attached hydrogen (secondary N) is 1. The van der Waals surface area contributed by atoms with Gasteiger partial charge in [0.15, 0.2) is 0 Å². The van der Waals surface area contributed by atoms with Crippen molar-refractivity contribution in [2.24, 2.45) is 0 Å². The third kappa shape index (κ3) is 4.08. The van der Waals surface area contributed by atoms with E-state index in [0.717, 1.165) is 31.4 Å². The Morgan fingerprint density at radius 3 is 2.70 bits per heavy atom. The van der Waals surface area contributed by atoms with Gasteiger partial charge in [0.1, 0.15) is 0 Å². The van der Waals surface area contributed by atoms with Crippen LogP contribution in [0.4, 0.5) is 0 Å². The normalized spacial score (nSPS) is 17.4. The van der Waals surface area contributed by atoms with Gasteiger partial charge in [0.25, 0.3) is 0 Å². The van der Waals surface area contributed by atoms with Gasteiger partial charge in [-0.3, -0.25) is 9.59 Å². The number of carbonyl (C=O) groups excluding carboxylic acids is 2. The monoisotopic (exact) mass is 274 g/mol. The van der Waals surface area contributed by atoms with E-state index >= 15 is 0 Å². The third-order valence-electron chi connectivity index (χ3n) is 3.65. The predicted octanol–water partition coefficient (Wildman–Crippen LogP) is 2.27. The van der Waals surface area contributed by atoms with Crippen molar-refractivity contribution < 1.29 is 9.59 Å². The molecule has 4 heteroatoms. The molecule has 20 heavy (non-hydrogen) atoms. The topological polar surface area (TPSA) is 49.4 Å². The second-order valence-corrected chi connectivity index (χ2v) is 5.31. The summed E-state index contributed by atoms with van der Waals surface area (Å²) in [6.45, 7) is 2.87. The van der Waals surface area contributed by atoms with Crippen LogP contribution < -0.4 is 5.32 Å². The summed E-state index contributed by atoms with van der Waals surface area (Å²) < 4.78 is 0. The summed E-state index contributed by atoms with van der Waals surface area (Å²) in [5.74, 6) is 0.134. The highest BCUT2D eigenvalue weighted by atomic mass is 16.2. The van der Waals surface area contributed by atoms with E-state index in [1.165, 1.54) is 6.92 Å². The largest absolute Gasteiger partial charge is 0.348 e. The summed E-state index contributed by atoms with van der Waals surface area (Å²) in [5, 5.41) is 2.95. The van der Waals surface area contributed by atoms with Gasteiger partial charge < -0.3 is 10.2 Å². The number of nitrogens with zero attached hydrogens (tertiary/aromatic N) is 1. The molecule has 0 saturated carbocycles. The fourth-order valence-corrected chi connectivity index (χ4v) is 2.62. The molecular weight excluding hydrogens is 252 g/mol. The molecule has 1 aromatic carbocycles. The van der Waals surface area contributed by atoms with Crippen LogP contribution in [-0.4, -0.2) is 29.8 Å². The molecule has 1 aromatic rings. The minimum Gasteiger partial charge on any atom is -0.348 e. The minimum absolute atomic E-state index is 0.0684. The molecule has 1 aliphatic rings. The molecule has 0 aromatic heterocycles. The smallest absolute Gasteiger partial charge is 0.222 e. The highest BCUT2D eigenvalue weighted by molar-refractivity contribution is 5.77. The third-order valence-corrected chi connectivity index (χ3v) is 3.65. The molecule has 1 atom stereocenters. The Morgan fingerprint density at radius 1 is 1.25 bits per heavy atom. The van der Waals surface area contributed by atoms with Gasteiger partial charge in [-0.2, -0.15) is 0 Å². The minimum atomic E-state index is -0.129. The average Bonchev–Trinajstić information content (AvgIpc) is 2.64. The number of benzene rings is 1. The molecule has 0 aliphatic carbocycles. The SMILES string of the molecule is CC(=O)N[C@@H](CN1CCCCCC1=O)c1ccccc1. The summed E-state index contributed by atoms with van der Waals surface area (Å²) in [6.07, 6.45) is 3.76. The molecule has 1 fully saturated rings. The van der Waals surface area contributed by atoms with Crippen molar-refractivity contribution in [3.63, 3.8) is 0 Å². The average molecular weight is 274 g/mol. The Bertz CT molecular complexity index is 459. The lowest BCUT2D eigenvalue weighted by Crippen LogP contribution is -2.40. The Labute approximate surface area is 120 Å². The zero-order valence-electron chi connectivity index (χ0n) is 12.0. The number of hydrogen-bond acceptors (Lipinski definition) is 2. The number of rotatable bonds is 4. The van der Waals surface area contributed by atoms with Gasteiger partial charge in [-0.1, -0.05) is 36.8 Å². The van der Waals surface area contributed by atoms with Crippen molar-refractivity contribution in [1.29, 1.82) is 0 Å². The first kappa shape index (κ1) is 14.6. The molecule has 1 heterocycles. The lowest BCUT2D eigenvalue weighted by molar-refractivity contribution is -0.131. The highest BCUT2D eigenvalue weighted by Crippen LogP contribution is 2.18. The quantitative estimate of drug-likeness (QED) is 0.915. The van der Waals surface area contributed by atoms with Crippen molar-refractivity contribution in [3.8, 4) is 0 Å². The summed E-state index contributed by atoms with van der Waals surface area (Å²) in [6, 6.07) is 9.70. The van der Waals surface area contributed by atoms with Crippen LogP contribution >= 0.6 is 0 Å². The molecule has 0 radical (unpaired) electrons. The number of likely N-dealkylation sites (tertiary alicyclic amines) is 1. The molecule has 2 amide bonds. The van der Waals surface area contributed by atoms with Crippen molar-refractivity contribution in [2.75, 3.05) is 13.1 Å². The maximum atomic E-state index is 12.1. The molecule has 0 bridgehead atoms. The molecule has 1 aliphatic heterocycles. The molecule has 108 valence electrons. The molecule has 1 N–H and O–H groups in total. The van der Waals surface area contributed by atoms with Crippen LogP contribution in [0, 0.1) is 0 Å². The Kier molecular flexibility index (Phi) is 5.16. The first-order valence-electron chi connectivity index (χ1n) is 7.26. The van der Waals surface area contributed by atoms with E-state index in [9.17, 15) is 9.59 Å². The van der Waals surface area contributed by atoms with E-state index in [0.29, 0.717) is 13.0 Å². The second kappa shape index (κ2) is 7.08. The van der Waals surface area contributed by atoms with Crippen LogP contribution in [0.25, 0.3) is 0 Å². The number of carbonyl (C=O) groups is 2. The lowest BCUT2D eigenvalue weighted by atomic mass is 10.1. The van der Waals surface area contributed by atoms with Crippen molar-refractivity contribution in [1.82, 2.24) is 10.2 Å². The van der Waals surface area contributed by atoms with Crippen LogP contribution in [0.1, 0.15) is 44.2 Å². The first-order valence-corrected chi connectivity index (χ1v) is 7.26. The van der Waals surface area contributed by atoms with Gasteiger partial charge in [-0.15, -0.1) is 0 Å². The molecular formula is C16H22N2O2. The van der Waals surface area contributed by atoms with Crippen LogP contribution in [0.2, 0.25) is 0 Å². The van der Waals surface area contributed by atoms with E-state index in [2.05, 4.69) is 5.32 Å². The van der Waals surface area contributed by atoms with Crippen molar-refractivity contribution in [2.45, 2.75) is 38.6 Å². The predicted molar refractivity (Wildman–Crippen MR) is 78.0 cm³/mol. The van der Waals surface area contributed by atoms with E-state index < -0.39 is 0 Å². The van der Waals surface area contributed by atoms with E-state index in [-0.39, 0.29) is 17.9 Å². The standard InChI is InChI=1S/C16H22N2O2/c1-13(19)17-15(14-8-4-2-5-9-14)12-18-11-7-3-6-10-16(18)20/h2,4-5,8-9,15H,3,6-7,10-12H2,1H3,(H,17,19)/t15-/m0/s1. The Morgan fingerprint density at radius 2 is 2.00 bits per heavy atom. The van der Waals surface area contributed by atoms with E-state index in [1.807, 2.05) is 35.2 Å². The molecule has 4 nitrogen and oxygen atoms in total. The van der Waals surface area contributed by atoms with Crippen molar-refractivity contribution in [3.05, 3.63) is 35.9 Å². The van der Waals surface area contributed by atoms with Gasteiger partial charge in [0.05, 0.1) is 6.04 Å². The molecule has 2 rings (SSSR count). The Hall–Kier alpha value is -1.84. The lowest BCUT2D eigenvalue weighted by Gasteiger charge is -2.27. The van der Waals surface area contributed by atoms with E-state index in [4.69, 9.17) is 0 Å². The van der Waals surface area contributed by atoms with Gasteiger partial charge in [0.2, 0.25) is 11.8 Å². The summed E-state index contributed by atoms with van der Waals surface area (Å²) in [5.41, 5.74) is 1.04. The summed E-state index contributed by atoms with van der Waals surface area (Å²) in [7, 11) is 0. The molecule has 0 unspecified atom stereocenters. The maximum Gasteiger partial charge on any atom is 0.222 e. The fourth-order valence-electron chi connectivity index (χ4n) is 2.62. The van der Waals surface area contributed by atoms with Crippen LogP contribution in [0.5, 0.6) is 0 Å². The van der Waals surface area contributed by atoms with Gasteiger partial charge >= 0.3 is 0 Å². The van der Waals surface area contributed by atoms with Gasteiger partial charge in [0, 0.05) is 26.4 Å². The number of hydrogen-bond donors (Lipinski definition) is 1. The van der Waals surface area contributed by atoms with Crippen LogP contribution in [-0.2, 0) is 9.59 Å². The first-order chi connectivity index (χ1) is 9.66. The van der Waals surface area contributed by atoms with Crippen LogP contribution in [0.3, 0.4) is 0 Å². The zero-order chi connectivity index (χ0) is 14.4.